The van der Waals surface area contributed by atoms with Gasteiger partial charge in [0.1, 0.15) is 5.70 Å². The maximum atomic E-state index is 10.9. The summed E-state index contributed by atoms with van der Waals surface area (Å²) in [6.45, 7) is 4.27. The van der Waals surface area contributed by atoms with Gasteiger partial charge in [-0.2, -0.15) is 0 Å². The number of carboxylic acid groups (broad SMARTS) is 1. The molecule has 4 nitrogen and oxygen atoms in total. The molecule has 0 saturated carbocycles. The lowest BCUT2D eigenvalue weighted by Crippen LogP contribution is -2.32. The van der Waals surface area contributed by atoms with Crippen molar-refractivity contribution in [3.63, 3.8) is 0 Å². The van der Waals surface area contributed by atoms with Gasteiger partial charge in [0.2, 0.25) is 0 Å². The van der Waals surface area contributed by atoms with Crippen molar-refractivity contribution in [2.75, 3.05) is 7.05 Å². The second-order valence-electron chi connectivity index (χ2n) is 4.25. The summed E-state index contributed by atoms with van der Waals surface area (Å²) in [7, 11) is 1.70. The molecule has 0 aliphatic heterocycles. The molecule has 0 fully saturated rings. The standard InChI is InChI=1S/C13H26N2O2/c1-4-6-7-8-9-11(5-2)15-12(10-14-3)13(16)17/h10-11,14-15H,4-9H2,1-3H3,(H,16,17). The van der Waals surface area contributed by atoms with Crippen LogP contribution in [0.4, 0.5) is 0 Å². The van der Waals surface area contributed by atoms with Gasteiger partial charge in [0.05, 0.1) is 0 Å². The van der Waals surface area contributed by atoms with E-state index in [4.69, 9.17) is 5.11 Å². The number of carboxylic acids is 1. The molecule has 0 spiro atoms. The van der Waals surface area contributed by atoms with Crippen molar-refractivity contribution in [3.05, 3.63) is 11.9 Å². The van der Waals surface area contributed by atoms with Gasteiger partial charge in [-0.05, 0) is 12.8 Å². The molecule has 3 N–H and O–H groups in total. The maximum Gasteiger partial charge on any atom is 0.353 e. The summed E-state index contributed by atoms with van der Waals surface area (Å²) in [4.78, 5) is 10.9. The van der Waals surface area contributed by atoms with Crippen LogP contribution in [0.15, 0.2) is 11.9 Å². The van der Waals surface area contributed by atoms with Crippen molar-refractivity contribution in [2.45, 2.75) is 58.4 Å². The number of rotatable bonds is 10. The number of nitrogens with one attached hydrogen (secondary N) is 2. The molecule has 0 saturated heterocycles. The Kier molecular flexibility index (Phi) is 9.30. The predicted molar refractivity (Wildman–Crippen MR) is 70.8 cm³/mol. The Morgan fingerprint density at radius 1 is 1.29 bits per heavy atom. The Balaban J connectivity index is 4.09. The van der Waals surface area contributed by atoms with E-state index in [0.29, 0.717) is 0 Å². The molecule has 0 aromatic heterocycles. The van der Waals surface area contributed by atoms with Gasteiger partial charge in [0.25, 0.3) is 0 Å². The van der Waals surface area contributed by atoms with Gasteiger partial charge >= 0.3 is 5.97 Å². The predicted octanol–water partition coefficient (Wildman–Crippen LogP) is 2.47. The summed E-state index contributed by atoms with van der Waals surface area (Å²) in [6, 6.07) is 0.252. The monoisotopic (exact) mass is 242 g/mol. The van der Waals surface area contributed by atoms with Crippen LogP contribution < -0.4 is 10.6 Å². The van der Waals surface area contributed by atoms with Crippen LogP contribution in [0.25, 0.3) is 0 Å². The molecule has 0 rings (SSSR count). The van der Waals surface area contributed by atoms with Crippen LogP contribution in [-0.2, 0) is 4.79 Å². The fourth-order valence-corrected chi connectivity index (χ4v) is 1.73. The Morgan fingerprint density at radius 3 is 2.47 bits per heavy atom. The van der Waals surface area contributed by atoms with Gasteiger partial charge in [0, 0.05) is 19.3 Å². The molecule has 17 heavy (non-hydrogen) atoms. The van der Waals surface area contributed by atoms with E-state index in [2.05, 4.69) is 24.5 Å². The van der Waals surface area contributed by atoms with E-state index in [1.54, 1.807) is 7.05 Å². The van der Waals surface area contributed by atoms with E-state index in [-0.39, 0.29) is 11.7 Å². The van der Waals surface area contributed by atoms with Crippen molar-refractivity contribution in [3.8, 4) is 0 Å². The molecule has 0 heterocycles. The summed E-state index contributed by atoms with van der Waals surface area (Å²) in [5, 5.41) is 14.8. The van der Waals surface area contributed by atoms with Crippen molar-refractivity contribution < 1.29 is 9.90 Å². The van der Waals surface area contributed by atoms with E-state index in [9.17, 15) is 4.79 Å². The van der Waals surface area contributed by atoms with E-state index < -0.39 is 5.97 Å². The molecule has 0 radical (unpaired) electrons. The summed E-state index contributed by atoms with van der Waals surface area (Å²) < 4.78 is 0. The SMILES string of the molecule is CCCCCCC(CC)NC(=CNC)C(=O)O. The molecule has 0 aromatic rings. The minimum atomic E-state index is -0.911. The zero-order valence-electron chi connectivity index (χ0n) is 11.3. The number of aliphatic carboxylic acids is 1. The van der Waals surface area contributed by atoms with Gasteiger partial charge in [0.15, 0.2) is 0 Å². The van der Waals surface area contributed by atoms with E-state index in [1.165, 1.54) is 25.5 Å². The summed E-state index contributed by atoms with van der Waals surface area (Å²) in [6.07, 6.45) is 8.35. The highest BCUT2D eigenvalue weighted by Crippen LogP contribution is 2.09. The van der Waals surface area contributed by atoms with Crippen LogP contribution in [0.5, 0.6) is 0 Å². The first-order chi connectivity index (χ1) is 8.15. The van der Waals surface area contributed by atoms with Gasteiger partial charge in [-0.15, -0.1) is 0 Å². The minimum absolute atomic E-state index is 0.245. The summed E-state index contributed by atoms with van der Waals surface area (Å²) in [5.41, 5.74) is 0.245. The second kappa shape index (κ2) is 10.00. The molecule has 0 bridgehead atoms. The lowest BCUT2D eigenvalue weighted by atomic mass is 10.1. The third-order valence-corrected chi connectivity index (χ3v) is 2.78. The smallest absolute Gasteiger partial charge is 0.353 e. The minimum Gasteiger partial charge on any atom is -0.477 e. The van der Waals surface area contributed by atoms with Crippen molar-refractivity contribution in [2.24, 2.45) is 0 Å². The van der Waals surface area contributed by atoms with E-state index in [1.807, 2.05) is 0 Å². The topological polar surface area (TPSA) is 61.4 Å². The Hall–Kier alpha value is -1.19. The number of hydrogen-bond acceptors (Lipinski definition) is 3. The average molecular weight is 242 g/mol. The van der Waals surface area contributed by atoms with Crippen LogP contribution >= 0.6 is 0 Å². The van der Waals surface area contributed by atoms with Crippen LogP contribution in [0, 0.1) is 0 Å². The molecule has 0 aromatic carbocycles. The number of hydrogen-bond donors (Lipinski definition) is 3. The highest BCUT2D eigenvalue weighted by atomic mass is 16.4. The zero-order chi connectivity index (χ0) is 13.1. The molecule has 0 aliphatic rings. The molecule has 1 atom stereocenters. The van der Waals surface area contributed by atoms with E-state index >= 15 is 0 Å². The van der Waals surface area contributed by atoms with Crippen LogP contribution in [0.2, 0.25) is 0 Å². The quantitative estimate of drug-likeness (QED) is 0.407. The fraction of sp³-hybridized carbons (Fsp3) is 0.769. The van der Waals surface area contributed by atoms with E-state index in [0.717, 1.165) is 19.3 Å². The largest absolute Gasteiger partial charge is 0.477 e. The van der Waals surface area contributed by atoms with Crippen LogP contribution in [0.3, 0.4) is 0 Å². The third-order valence-electron chi connectivity index (χ3n) is 2.78. The third kappa shape index (κ3) is 7.66. The number of unbranched alkanes of at least 4 members (excludes halogenated alkanes) is 3. The van der Waals surface area contributed by atoms with Gasteiger partial charge in [-0.3, -0.25) is 0 Å². The number of carbonyl (C=O) groups is 1. The Morgan fingerprint density at radius 2 is 2.00 bits per heavy atom. The first kappa shape index (κ1) is 15.8. The Bertz CT molecular complexity index is 240. The molecule has 1 unspecified atom stereocenters. The highest BCUT2D eigenvalue weighted by Gasteiger charge is 2.12. The molecule has 0 amide bonds. The molecular weight excluding hydrogens is 216 g/mol. The van der Waals surface area contributed by atoms with Crippen LogP contribution in [0.1, 0.15) is 52.4 Å². The van der Waals surface area contributed by atoms with Crippen LogP contribution in [-0.4, -0.2) is 24.2 Å². The summed E-state index contributed by atoms with van der Waals surface area (Å²) >= 11 is 0. The van der Waals surface area contributed by atoms with Gasteiger partial charge in [-0.25, -0.2) is 4.79 Å². The van der Waals surface area contributed by atoms with Gasteiger partial charge < -0.3 is 15.7 Å². The van der Waals surface area contributed by atoms with Crippen molar-refractivity contribution >= 4 is 5.97 Å². The van der Waals surface area contributed by atoms with Crippen molar-refractivity contribution in [1.29, 1.82) is 0 Å². The highest BCUT2D eigenvalue weighted by molar-refractivity contribution is 5.85. The zero-order valence-corrected chi connectivity index (χ0v) is 11.3. The maximum absolute atomic E-state index is 10.9. The lowest BCUT2D eigenvalue weighted by molar-refractivity contribution is -0.133. The molecule has 0 aliphatic carbocycles. The first-order valence-corrected chi connectivity index (χ1v) is 6.52. The van der Waals surface area contributed by atoms with Gasteiger partial charge in [-0.1, -0.05) is 39.5 Å². The molecular formula is C13H26N2O2. The normalized spacial score (nSPS) is 13.2. The fourth-order valence-electron chi connectivity index (χ4n) is 1.73. The average Bonchev–Trinajstić information content (AvgIpc) is 2.31. The van der Waals surface area contributed by atoms with Crippen molar-refractivity contribution in [1.82, 2.24) is 10.6 Å². The lowest BCUT2D eigenvalue weighted by Gasteiger charge is -2.18. The first-order valence-electron chi connectivity index (χ1n) is 6.52. The second-order valence-corrected chi connectivity index (χ2v) is 4.25. The Labute approximate surface area is 104 Å². The summed E-state index contributed by atoms with van der Waals surface area (Å²) in [5.74, 6) is -0.911. The molecule has 100 valence electrons. The molecule has 4 heteroatoms.